The van der Waals surface area contributed by atoms with Crippen LogP contribution in [0.2, 0.25) is 10.0 Å². The van der Waals surface area contributed by atoms with Crippen LogP contribution in [0.1, 0.15) is 5.69 Å². The molecule has 0 aliphatic carbocycles. The highest BCUT2D eigenvalue weighted by Gasteiger charge is 2.12. The van der Waals surface area contributed by atoms with E-state index in [9.17, 15) is 9.59 Å². The molecule has 0 saturated carbocycles. The number of halogens is 2. The number of esters is 1. The van der Waals surface area contributed by atoms with Gasteiger partial charge in [-0.2, -0.15) is 0 Å². The van der Waals surface area contributed by atoms with Crippen LogP contribution < -0.4 is 5.32 Å². The van der Waals surface area contributed by atoms with E-state index < -0.39 is 18.5 Å². The van der Waals surface area contributed by atoms with E-state index in [0.717, 1.165) is 4.96 Å². The number of anilines is 1. The maximum absolute atomic E-state index is 11.8. The molecule has 0 saturated heterocycles. The van der Waals surface area contributed by atoms with Crippen molar-refractivity contribution < 1.29 is 14.3 Å². The summed E-state index contributed by atoms with van der Waals surface area (Å²) in [6.07, 6.45) is 3.60. The van der Waals surface area contributed by atoms with Crippen molar-refractivity contribution >= 4 is 57.1 Å². The predicted octanol–water partition coefficient (Wildman–Crippen LogP) is 3.43. The highest BCUT2D eigenvalue weighted by molar-refractivity contribution is 7.15. The number of nitrogens with one attached hydrogen (secondary N) is 1. The first-order valence-corrected chi connectivity index (χ1v) is 8.46. The minimum absolute atomic E-state index is 0.000396. The number of nitrogens with zero attached hydrogens (tertiary/aromatic N) is 2. The van der Waals surface area contributed by atoms with Crippen molar-refractivity contribution in [3.8, 4) is 0 Å². The number of imidazole rings is 1. The van der Waals surface area contributed by atoms with Crippen LogP contribution in [0.25, 0.3) is 4.96 Å². The minimum atomic E-state index is -0.534. The lowest BCUT2D eigenvalue weighted by Crippen LogP contribution is -2.21. The first-order valence-electron chi connectivity index (χ1n) is 6.83. The average Bonchev–Trinajstić information content (AvgIpc) is 3.10. The van der Waals surface area contributed by atoms with Gasteiger partial charge in [-0.1, -0.05) is 23.2 Å². The van der Waals surface area contributed by atoms with Crippen molar-refractivity contribution in [2.75, 3.05) is 11.9 Å². The number of fused-ring (bicyclic) bond motifs is 1. The van der Waals surface area contributed by atoms with Gasteiger partial charge in [-0.3, -0.25) is 14.0 Å². The predicted molar refractivity (Wildman–Crippen MR) is 92.8 cm³/mol. The SMILES string of the molecule is O=C(COC(=O)Cc1cn2ccsc2n1)Nc1cc(Cl)ccc1Cl. The summed E-state index contributed by atoms with van der Waals surface area (Å²) < 4.78 is 6.77. The van der Waals surface area contributed by atoms with E-state index in [-0.39, 0.29) is 6.42 Å². The second kappa shape index (κ2) is 7.21. The standard InChI is InChI=1S/C15H11Cl2N3O3S/c16-9-1-2-11(17)12(5-9)19-13(21)8-23-14(22)6-10-7-20-3-4-24-15(20)18-10/h1-5,7H,6,8H2,(H,19,21). The third-order valence-electron chi connectivity index (χ3n) is 3.04. The summed E-state index contributed by atoms with van der Waals surface area (Å²) in [6.45, 7) is -0.413. The topological polar surface area (TPSA) is 72.7 Å². The molecule has 1 aromatic carbocycles. The summed E-state index contributed by atoms with van der Waals surface area (Å²) in [5.74, 6) is -1.04. The molecule has 24 heavy (non-hydrogen) atoms. The highest BCUT2D eigenvalue weighted by Crippen LogP contribution is 2.25. The molecule has 0 bridgehead atoms. The van der Waals surface area contributed by atoms with Gasteiger partial charge in [0, 0.05) is 22.8 Å². The summed E-state index contributed by atoms with van der Waals surface area (Å²) in [6, 6.07) is 4.69. The van der Waals surface area contributed by atoms with Gasteiger partial charge in [0.25, 0.3) is 5.91 Å². The molecule has 1 N–H and O–H groups in total. The van der Waals surface area contributed by atoms with Gasteiger partial charge in [0.05, 0.1) is 22.8 Å². The second-order valence-electron chi connectivity index (χ2n) is 4.83. The molecule has 0 fully saturated rings. The number of amides is 1. The molecule has 9 heteroatoms. The fraction of sp³-hybridized carbons (Fsp3) is 0.133. The molecule has 0 spiro atoms. The first-order chi connectivity index (χ1) is 11.5. The Kier molecular flexibility index (Phi) is 5.03. The third kappa shape index (κ3) is 4.05. The van der Waals surface area contributed by atoms with Crippen LogP contribution in [0, 0.1) is 0 Å². The van der Waals surface area contributed by atoms with Gasteiger partial charge in [-0.25, -0.2) is 4.98 Å². The lowest BCUT2D eigenvalue weighted by atomic mass is 10.3. The highest BCUT2D eigenvalue weighted by atomic mass is 35.5. The number of hydrogen-bond donors (Lipinski definition) is 1. The van der Waals surface area contributed by atoms with E-state index in [0.29, 0.717) is 21.4 Å². The minimum Gasteiger partial charge on any atom is -0.455 e. The molecule has 2 heterocycles. The Morgan fingerprint density at radius 3 is 2.96 bits per heavy atom. The summed E-state index contributed by atoms with van der Waals surface area (Å²) in [7, 11) is 0. The molecular formula is C15H11Cl2N3O3S. The number of ether oxygens (including phenoxy) is 1. The zero-order chi connectivity index (χ0) is 17.1. The zero-order valence-corrected chi connectivity index (χ0v) is 14.5. The van der Waals surface area contributed by atoms with Gasteiger partial charge < -0.3 is 10.1 Å². The monoisotopic (exact) mass is 383 g/mol. The van der Waals surface area contributed by atoms with Crippen LogP contribution in [0.5, 0.6) is 0 Å². The molecular weight excluding hydrogens is 373 g/mol. The summed E-state index contributed by atoms with van der Waals surface area (Å²) in [5, 5.41) is 5.22. The summed E-state index contributed by atoms with van der Waals surface area (Å²) >= 11 is 13.3. The van der Waals surface area contributed by atoms with Gasteiger partial charge in [0.1, 0.15) is 0 Å². The molecule has 3 aromatic rings. The fourth-order valence-corrected chi connectivity index (χ4v) is 3.04. The lowest BCUT2D eigenvalue weighted by Gasteiger charge is -2.08. The Morgan fingerprint density at radius 2 is 2.17 bits per heavy atom. The summed E-state index contributed by atoms with van der Waals surface area (Å²) in [5.41, 5.74) is 0.949. The molecule has 0 aliphatic heterocycles. The first kappa shape index (κ1) is 16.8. The van der Waals surface area contributed by atoms with E-state index in [1.807, 2.05) is 16.0 Å². The number of rotatable bonds is 5. The maximum Gasteiger partial charge on any atom is 0.312 e. The Bertz CT molecular complexity index is 878. The smallest absolute Gasteiger partial charge is 0.312 e. The van der Waals surface area contributed by atoms with Gasteiger partial charge >= 0.3 is 5.97 Å². The van der Waals surface area contributed by atoms with Crippen LogP contribution in [0.15, 0.2) is 36.0 Å². The van der Waals surface area contributed by atoms with Gasteiger partial charge in [0.15, 0.2) is 11.6 Å². The molecule has 0 unspecified atom stereocenters. The number of hydrogen-bond acceptors (Lipinski definition) is 5. The van der Waals surface area contributed by atoms with Crippen LogP contribution in [0.4, 0.5) is 5.69 Å². The maximum atomic E-state index is 11.8. The van der Waals surface area contributed by atoms with Gasteiger partial charge in [0.2, 0.25) is 0 Å². The Hall–Kier alpha value is -2.09. The zero-order valence-electron chi connectivity index (χ0n) is 12.2. The Balaban J connectivity index is 1.51. The van der Waals surface area contributed by atoms with Crippen molar-refractivity contribution in [3.05, 3.63) is 51.7 Å². The number of carbonyl (C=O) groups excluding carboxylic acids is 2. The van der Waals surface area contributed by atoms with E-state index in [1.54, 1.807) is 18.3 Å². The Labute approximate surface area is 151 Å². The largest absolute Gasteiger partial charge is 0.455 e. The average molecular weight is 384 g/mol. The third-order valence-corrected chi connectivity index (χ3v) is 4.37. The lowest BCUT2D eigenvalue weighted by molar-refractivity contribution is -0.146. The molecule has 0 atom stereocenters. The van der Waals surface area contributed by atoms with Crippen molar-refractivity contribution in [3.63, 3.8) is 0 Å². The summed E-state index contributed by atoms with van der Waals surface area (Å²) in [4.78, 5) is 28.7. The van der Waals surface area contributed by atoms with E-state index in [1.165, 1.54) is 17.4 Å². The number of benzene rings is 1. The number of carbonyl (C=O) groups is 2. The fourth-order valence-electron chi connectivity index (χ4n) is 1.99. The molecule has 3 rings (SSSR count). The van der Waals surface area contributed by atoms with Crippen molar-refractivity contribution in [1.82, 2.24) is 9.38 Å². The number of thiazole rings is 1. The molecule has 0 radical (unpaired) electrons. The molecule has 0 aliphatic rings. The van der Waals surface area contributed by atoms with Crippen LogP contribution in [0.3, 0.4) is 0 Å². The van der Waals surface area contributed by atoms with E-state index in [4.69, 9.17) is 27.9 Å². The van der Waals surface area contributed by atoms with Crippen molar-refractivity contribution in [2.45, 2.75) is 6.42 Å². The van der Waals surface area contributed by atoms with Crippen LogP contribution in [-0.4, -0.2) is 27.9 Å². The van der Waals surface area contributed by atoms with E-state index >= 15 is 0 Å². The quantitative estimate of drug-likeness (QED) is 0.685. The van der Waals surface area contributed by atoms with Crippen LogP contribution in [-0.2, 0) is 20.7 Å². The van der Waals surface area contributed by atoms with Crippen molar-refractivity contribution in [2.24, 2.45) is 0 Å². The van der Waals surface area contributed by atoms with Gasteiger partial charge in [-0.05, 0) is 18.2 Å². The molecule has 2 aromatic heterocycles. The molecule has 6 nitrogen and oxygen atoms in total. The Morgan fingerprint density at radius 1 is 1.33 bits per heavy atom. The molecule has 1 amide bonds. The van der Waals surface area contributed by atoms with E-state index in [2.05, 4.69) is 10.3 Å². The second-order valence-corrected chi connectivity index (χ2v) is 6.55. The molecule has 124 valence electrons. The van der Waals surface area contributed by atoms with Crippen LogP contribution >= 0.6 is 34.5 Å². The number of aromatic nitrogens is 2. The normalized spacial score (nSPS) is 10.8. The van der Waals surface area contributed by atoms with Crippen molar-refractivity contribution in [1.29, 1.82) is 0 Å². The van der Waals surface area contributed by atoms with Gasteiger partial charge in [-0.15, -0.1) is 11.3 Å².